The molecule has 0 amide bonds. The van der Waals surface area contributed by atoms with Crippen molar-refractivity contribution in [3.8, 4) is 0 Å². The van der Waals surface area contributed by atoms with Crippen LogP contribution in [0.4, 0.5) is 4.32 Å². The van der Waals surface area contributed by atoms with Crippen molar-refractivity contribution >= 4 is 17.9 Å². The fourth-order valence-electron chi connectivity index (χ4n) is 0. The predicted molar refractivity (Wildman–Crippen MR) is 23.2 cm³/mol. The van der Waals surface area contributed by atoms with Crippen molar-refractivity contribution in [3.05, 3.63) is 0 Å². The molecule has 0 atom stereocenters. The standard InChI is InChI=1S/C2H5BClF/c1-2-3(4)5/h2H2,1H3. The molecule has 0 radical (unpaired) electrons. The lowest BCUT2D eigenvalue weighted by molar-refractivity contribution is 0.851. The zero-order valence-corrected chi connectivity index (χ0v) is 3.80. The maximum absolute atomic E-state index is 11.2. The van der Waals surface area contributed by atoms with E-state index in [1.807, 2.05) is 0 Å². The van der Waals surface area contributed by atoms with Gasteiger partial charge >= 0.3 is 6.41 Å². The molecule has 0 nitrogen and oxygen atoms in total. The first-order chi connectivity index (χ1) is 2.27. The van der Waals surface area contributed by atoms with Crippen molar-refractivity contribution in [1.82, 2.24) is 0 Å². The molecule has 5 heavy (non-hydrogen) atoms. The van der Waals surface area contributed by atoms with Crippen molar-refractivity contribution in [3.63, 3.8) is 0 Å². The van der Waals surface area contributed by atoms with Crippen LogP contribution in [0.5, 0.6) is 0 Å². The molecule has 0 bridgehead atoms. The molecule has 30 valence electrons. The quantitative estimate of drug-likeness (QED) is 0.434. The molecule has 0 aliphatic carbocycles. The minimum absolute atomic E-state index is 0.404. The summed E-state index contributed by atoms with van der Waals surface area (Å²) < 4.78 is 11.2. The van der Waals surface area contributed by atoms with Crippen molar-refractivity contribution in [1.29, 1.82) is 0 Å². The molecular formula is C2H5BClF. The first-order valence-electron chi connectivity index (χ1n) is 1.55. The van der Waals surface area contributed by atoms with E-state index in [1.165, 1.54) is 0 Å². The molecule has 0 spiro atoms. The highest BCUT2D eigenvalue weighted by molar-refractivity contribution is 7.02. The molecule has 0 unspecified atom stereocenters. The van der Waals surface area contributed by atoms with Gasteiger partial charge < -0.3 is 4.32 Å². The van der Waals surface area contributed by atoms with Crippen molar-refractivity contribution in [2.24, 2.45) is 0 Å². The van der Waals surface area contributed by atoms with Gasteiger partial charge in [0.2, 0.25) is 0 Å². The van der Waals surface area contributed by atoms with E-state index in [0.29, 0.717) is 6.32 Å². The van der Waals surface area contributed by atoms with Crippen LogP contribution in [-0.2, 0) is 0 Å². The number of rotatable bonds is 1. The van der Waals surface area contributed by atoms with E-state index >= 15 is 0 Å². The Hall–Kier alpha value is 0.285. The molecule has 0 aromatic heterocycles. The molecule has 0 rings (SSSR count). The third-order valence-electron chi connectivity index (χ3n) is 0.309. The minimum Gasteiger partial charge on any atom is -0.312 e. The second kappa shape index (κ2) is 2.52. The van der Waals surface area contributed by atoms with E-state index in [9.17, 15) is 4.32 Å². The molecule has 0 aliphatic rings. The lowest BCUT2D eigenvalue weighted by Crippen LogP contribution is -1.85. The fraction of sp³-hybridized carbons (Fsp3) is 1.00. The van der Waals surface area contributed by atoms with Crippen LogP contribution in [-0.4, -0.2) is 6.41 Å². The van der Waals surface area contributed by atoms with Gasteiger partial charge in [-0.2, -0.15) is 0 Å². The fourth-order valence-corrected chi connectivity index (χ4v) is 0. The van der Waals surface area contributed by atoms with E-state index in [1.54, 1.807) is 6.92 Å². The van der Waals surface area contributed by atoms with Gasteiger partial charge in [-0.25, -0.2) is 0 Å². The van der Waals surface area contributed by atoms with Crippen LogP contribution in [0.15, 0.2) is 0 Å². The summed E-state index contributed by atoms with van der Waals surface area (Å²) in [6.45, 7) is 1.69. The predicted octanol–water partition coefficient (Wildman–Crippen LogP) is 1.70. The van der Waals surface area contributed by atoms with Crippen molar-refractivity contribution in [2.45, 2.75) is 13.2 Å². The Bertz CT molecular complexity index is 23.6. The molecule has 0 aromatic carbocycles. The van der Waals surface area contributed by atoms with Gasteiger partial charge in [0.05, 0.1) is 0 Å². The lowest BCUT2D eigenvalue weighted by atomic mass is 10.0. The SMILES string of the molecule is CCB(F)Cl. The topological polar surface area (TPSA) is 0 Å². The highest BCUT2D eigenvalue weighted by Gasteiger charge is 2.00. The second-order valence-electron chi connectivity index (χ2n) is 0.799. The first-order valence-corrected chi connectivity index (χ1v) is 1.99. The van der Waals surface area contributed by atoms with Gasteiger partial charge in [-0.05, 0) is 6.32 Å². The molecular weight excluding hydrogens is 89.3 g/mol. The summed E-state index contributed by atoms with van der Waals surface area (Å²) in [5.74, 6) is 0. The van der Waals surface area contributed by atoms with Crippen LogP contribution < -0.4 is 0 Å². The van der Waals surface area contributed by atoms with E-state index in [4.69, 9.17) is 11.5 Å². The second-order valence-corrected chi connectivity index (χ2v) is 1.27. The molecule has 0 saturated heterocycles. The van der Waals surface area contributed by atoms with Gasteiger partial charge in [-0.3, -0.25) is 0 Å². The van der Waals surface area contributed by atoms with Gasteiger partial charge in [-0.15, -0.1) is 11.5 Å². The van der Waals surface area contributed by atoms with E-state index in [0.717, 1.165) is 0 Å². The zero-order valence-electron chi connectivity index (χ0n) is 3.04. The lowest BCUT2D eigenvalue weighted by Gasteiger charge is -1.75. The highest BCUT2D eigenvalue weighted by atomic mass is 35.5. The largest absolute Gasteiger partial charge is 0.446 e. The molecule has 0 aliphatic heterocycles. The Morgan fingerprint density at radius 2 is 2.20 bits per heavy atom. The monoisotopic (exact) mass is 94.0 g/mol. The maximum Gasteiger partial charge on any atom is 0.446 e. The van der Waals surface area contributed by atoms with Gasteiger partial charge in [0.15, 0.2) is 0 Å². The summed E-state index contributed by atoms with van der Waals surface area (Å²) in [7, 11) is 0. The molecule has 0 aromatic rings. The summed E-state index contributed by atoms with van der Waals surface area (Å²) in [5.41, 5.74) is 0. The van der Waals surface area contributed by atoms with Crippen LogP contribution in [0, 0.1) is 0 Å². The summed E-state index contributed by atoms with van der Waals surface area (Å²) in [6, 6.07) is 0. The van der Waals surface area contributed by atoms with E-state index in [-0.39, 0.29) is 0 Å². The Morgan fingerprint density at radius 1 is 2.00 bits per heavy atom. The van der Waals surface area contributed by atoms with Gasteiger partial charge in [0, 0.05) is 0 Å². The Labute approximate surface area is 36.4 Å². The van der Waals surface area contributed by atoms with Crippen molar-refractivity contribution in [2.75, 3.05) is 0 Å². The Morgan fingerprint density at radius 3 is 2.20 bits per heavy atom. The Balaban J connectivity index is 2.54. The maximum atomic E-state index is 11.2. The van der Waals surface area contributed by atoms with E-state index in [2.05, 4.69) is 0 Å². The average Bonchev–Trinajstić information content (AvgIpc) is 1.38. The number of hydrogen-bond donors (Lipinski definition) is 0. The molecule has 0 heterocycles. The summed E-state index contributed by atoms with van der Waals surface area (Å²) in [4.78, 5) is 0. The third-order valence-corrected chi connectivity index (χ3v) is 0.617. The van der Waals surface area contributed by atoms with Crippen LogP contribution in [0.3, 0.4) is 0 Å². The summed E-state index contributed by atoms with van der Waals surface area (Å²) >= 11 is 4.80. The summed E-state index contributed by atoms with van der Waals surface area (Å²) in [5, 5.41) is 0. The van der Waals surface area contributed by atoms with Crippen LogP contribution >= 0.6 is 11.5 Å². The first kappa shape index (κ1) is 5.28. The van der Waals surface area contributed by atoms with Crippen LogP contribution in [0.25, 0.3) is 0 Å². The average molecular weight is 94.3 g/mol. The number of halogens is 2. The van der Waals surface area contributed by atoms with Crippen molar-refractivity contribution < 1.29 is 4.32 Å². The summed E-state index contributed by atoms with van der Waals surface area (Å²) in [6.07, 6.45) is -0.739. The molecule has 0 fully saturated rings. The normalized spacial score (nSPS) is 7.80. The van der Waals surface area contributed by atoms with Gasteiger partial charge in [0.25, 0.3) is 0 Å². The van der Waals surface area contributed by atoms with Crippen LogP contribution in [0.2, 0.25) is 6.32 Å². The minimum atomic E-state index is -1.14. The molecule has 0 saturated carbocycles. The van der Waals surface area contributed by atoms with Gasteiger partial charge in [0.1, 0.15) is 0 Å². The molecule has 0 N–H and O–H groups in total. The Kier molecular flexibility index (Phi) is 2.66. The van der Waals surface area contributed by atoms with E-state index < -0.39 is 6.41 Å². The van der Waals surface area contributed by atoms with Crippen LogP contribution in [0.1, 0.15) is 6.92 Å². The third kappa shape index (κ3) is 4.28. The molecule has 3 heteroatoms. The van der Waals surface area contributed by atoms with Gasteiger partial charge in [-0.1, -0.05) is 6.92 Å². The smallest absolute Gasteiger partial charge is 0.312 e. The number of hydrogen-bond acceptors (Lipinski definition) is 0. The highest BCUT2D eigenvalue weighted by Crippen LogP contribution is 1.94. The zero-order chi connectivity index (χ0) is 4.28.